The van der Waals surface area contributed by atoms with Gasteiger partial charge in [-0.3, -0.25) is 0 Å². The minimum atomic E-state index is 0.405. The highest BCUT2D eigenvalue weighted by Gasteiger charge is 2.11. The number of hydrogen-bond donors (Lipinski definition) is 3. The highest BCUT2D eigenvalue weighted by atomic mass is 16.5. The van der Waals surface area contributed by atoms with Crippen molar-refractivity contribution in [2.45, 2.75) is 6.54 Å². The summed E-state index contributed by atoms with van der Waals surface area (Å²) in [6, 6.07) is 1.75. The molecule has 0 aliphatic carbocycles. The zero-order chi connectivity index (χ0) is 12.1. The van der Waals surface area contributed by atoms with Gasteiger partial charge in [-0.25, -0.2) is 15.8 Å². The molecule has 0 saturated carbocycles. The molecule has 2 aromatic rings. The summed E-state index contributed by atoms with van der Waals surface area (Å²) in [7, 11) is 1.51. The first-order chi connectivity index (χ1) is 8.35. The van der Waals surface area contributed by atoms with Gasteiger partial charge in [0.1, 0.15) is 6.33 Å². The Morgan fingerprint density at radius 3 is 2.88 bits per heavy atom. The maximum atomic E-state index is 5.31. The highest BCUT2D eigenvalue weighted by Crippen LogP contribution is 2.28. The lowest BCUT2D eigenvalue weighted by Gasteiger charge is -2.11. The molecule has 0 radical (unpaired) electrons. The smallest absolute Gasteiger partial charge is 0.205 e. The van der Waals surface area contributed by atoms with E-state index in [0.29, 0.717) is 29.7 Å². The Hall–Kier alpha value is -2.35. The Labute approximate surface area is 97.1 Å². The van der Waals surface area contributed by atoms with Crippen LogP contribution >= 0.6 is 0 Å². The molecule has 0 bridgehead atoms. The van der Waals surface area contributed by atoms with Crippen molar-refractivity contribution >= 4 is 11.6 Å². The van der Waals surface area contributed by atoms with Crippen molar-refractivity contribution < 1.29 is 9.26 Å². The number of nitrogens with one attached hydrogen (secondary N) is 2. The largest absolute Gasteiger partial charge is 0.490 e. The summed E-state index contributed by atoms with van der Waals surface area (Å²) in [5.41, 5.74) is 2.43. The monoisotopic (exact) mass is 236 g/mol. The van der Waals surface area contributed by atoms with Crippen LogP contribution in [0.5, 0.6) is 5.75 Å². The first-order valence-corrected chi connectivity index (χ1v) is 4.84. The Morgan fingerprint density at radius 1 is 1.41 bits per heavy atom. The normalized spacial score (nSPS) is 10.0. The van der Waals surface area contributed by atoms with Crippen LogP contribution in [0.15, 0.2) is 23.1 Å². The number of hydrogen-bond acceptors (Lipinski definition) is 8. The fourth-order valence-electron chi connectivity index (χ4n) is 1.30. The van der Waals surface area contributed by atoms with Gasteiger partial charge in [-0.15, -0.1) is 0 Å². The number of ether oxygens (including phenoxy) is 1. The van der Waals surface area contributed by atoms with Gasteiger partial charge >= 0.3 is 0 Å². The standard InChI is InChI=1S/C9H12N6O2/c1-16-7-8(12-5-13-9(7)15-10)11-4-6-2-3-14-17-6/h2-3,5H,4,10H2,1H3,(H2,11,12,13,15). The summed E-state index contributed by atoms with van der Waals surface area (Å²) in [6.45, 7) is 0.442. The fourth-order valence-corrected chi connectivity index (χ4v) is 1.30. The number of methoxy groups -OCH3 is 1. The van der Waals surface area contributed by atoms with E-state index in [0.717, 1.165) is 0 Å². The van der Waals surface area contributed by atoms with E-state index >= 15 is 0 Å². The molecule has 8 nitrogen and oxygen atoms in total. The minimum absolute atomic E-state index is 0.405. The number of nitrogen functional groups attached to an aromatic ring is 1. The van der Waals surface area contributed by atoms with Crippen molar-refractivity contribution in [1.82, 2.24) is 15.1 Å². The fraction of sp³-hybridized carbons (Fsp3) is 0.222. The average molecular weight is 236 g/mol. The molecule has 2 rings (SSSR count). The lowest BCUT2D eigenvalue weighted by atomic mass is 10.4. The van der Waals surface area contributed by atoms with Crippen LogP contribution in [0.2, 0.25) is 0 Å². The van der Waals surface area contributed by atoms with E-state index < -0.39 is 0 Å². The maximum absolute atomic E-state index is 5.31. The first kappa shape index (κ1) is 11.1. The summed E-state index contributed by atoms with van der Waals surface area (Å²) in [6.07, 6.45) is 2.95. The van der Waals surface area contributed by atoms with Crippen molar-refractivity contribution in [2.24, 2.45) is 5.84 Å². The molecule has 2 aromatic heterocycles. The van der Waals surface area contributed by atoms with Crippen molar-refractivity contribution in [3.8, 4) is 5.75 Å². The molecule has 2 heterocycles. The Morgan fingerprint density at radius 2 is 2.24 bits per heavy atom. The summed E-state index contributed by atoms with van der Waals surface area (Å²) in [5.74, 6) is 7.36. The SMILES string of the molecule is COc1c(NN)ncnc1NCc1ccno1. The summed E-state index contributed by atoms with van der Waals surface area (Å²) in [5, 5.41) is 6.64. The molecule has 0 atom stereocenters. The van der Waals surface area contributed by atoms with Gasteiger partial charge in [0.05, 0.1) is 19.9 Å². The van der Waals surface area contributed by atoms with Gasteiger partial charge in [-0.05, 0) is 0 Å². The van der Waals surface area contributed by atoms with E-state index in [2.05, 4.69) is 25.9 Å². The van der Waals surface area contributed by atoms with Crippen LogP contribution < -0.4 is 21.3 Å². The van der Waals surface area contributed by atoms with Crippen LogP contribution in [0.3, 0.4) is 0 Å². The number of nitrogens with two attached hydrogens (primary N) is 1. The molecule has 17 heavy (non-hydrogen) atoms. The van der Waals surface area contributed by atoms with Crippen LogP contribution in [0.25, 0.3) is 0 Å². The van der Waals surface area contributed by atoms with Crippen molar-refractivity contribution in [3.05, 3.63) is 24.4 Å². The zero-order valence-electron chi connectivity index (χ0n) is 9.17. The molecule has 90 valence electrons. The van der Waals surface area contributed by atoms with Gasteiger partial charge in [0.25, 0.3) is 0 Å². The topological polar surface area (TPSA) is 111 Å². The molecule has 0 unspecified atom stereocenters. The molecule has 0 spiro atoms. The Kier molecular flexibility index (Phi) is 3.36. The van der Waals surface area contributed by atoms with Gasteiger partial charge in [-0.2, -0.15) is 0 Å². The molecule has 8 heteroatoms. The summed E-state index contributed by atoms with van der Waals surface area (Å²) in [4.78, 5) is 7.98. The van der Waals surface area contributed by atoms with Gasteiger partial charge < -0.3 is 20.0 Å². The third kappa shape index (κ3) is 2.42. The van der Waals surface area contributed by atoms with E-state index in [9.17, 15) is 0 Å². The van der Waals surface area contributed by atoms with Crippen molar-refractivity contribution in [2.75, 3.05) is 17.9 Å². The maximum Gasteiger partial charge on any atom is 0.205 e. The Balaban J connectivity index is 2.14. The minimum Gasteiger partial charge on any atom is -0.490 e. The van der Waals surface area contributed by atoms with E-state index in [1.807, 2.05) is 0 Å². The number of hydrazine groups is 1. The molecule has 0 aliphatic rings. The lowest BCUT2D eigenvalue weighted by Crippen LogP contribution is -2.12. The Bertz CT molecular complexity index is 472. The van der Waals surface area contributed by atoms with Crippen LogP contribution in [0.4, 0.5) is 11.6 Å². The van der Waals surface area contributed by atoms with Gasteiger partial charge in [0.2, 0.25) is 5.75 Å². The van der Waals surface area contributed by atoms with Gasteiger partial charge in [0, 0.05) is 6.07 Å². The van der Waals surface area contributed by atoms with E-state index in [4.69, 9.17) is 15.1 Å². The van der Waals surface area contributed by atoms with E-state index in [1.165, 1.54) is 13.4 Å². The molecule has 0 fully saturated rings. The third-order valence-electron chi connectivity index (χ3n) is 2.07. The molecule has 0 aliphatic heterocycles. The molecule has 4 N–H and O–H groups in total. The highest BCUT2D eigenvalue weighted by molar-refractivity contribution is 5.62. The predicted octanol–water partition coefficient (Wildman–Crippen LogP) is 0.371. The summed E-state index contributed by atoms with van der Waals surface area (Å²) < 4.78 is 10.1. The number of anilines is 2. The second-order valence-electron chi connectivity index (χ2n) is 3.08. The zero-order valence-corrected chi connectivity index (χ0v) is 9.17. The van der Waals surface area contributed by atoms with Gasteiger partial charge in [0.15, 0.2) is 17.4 Å². The first-order valence-electron chi connectivity index (χ1n) is 4.84. The average Bonchev–Trinajstić information content (AvgIpc) is 2.88. The third-order valence-corrected chi connectivity index (χ3v) is 2.07. The molecule has 0 aromatic carbocycles. The van der Waals surface area contributed by atoms with Crippen LogP contribution in [0, 0.1) is 0 Å². The van der Waals surface area contributed by atoms with Crippen LogP contribution in [-0.4, -0.2) is 22.2 Å². The second-order valence-corrected chi connectivity index (χ2v) is 3.08. The predicted molar refractivity (Wildman–Crippen MR) is 60.2 cm³/mol. The summed E-state index contributed by atoms with van der Waals surface area (Å²) >= 11 is 0. The second kappa shape index (κ2) is 5.12. The van der Waals surface area contributed by atoms with Gasteiger partial charge in [-0.1, -0.05) is 5.16 Å². The van der Waals surface area contributed by atoms with E-state index in [1.54, 1.807) is 12.3 Å². The van der Waals surface area contributed by atoms with E-state index in [-0.39, 0.29) is 0 Å². The number of nitrogens with zero attached hydrogens (tertiary/aromatic N) is 3. The van der Waals surface area contributed by atoms with Crippen molar-refractivity contribution in [3.63, 3.8) is 0 Å². The van der Waals surface area contributed by atoms with Crippen LogP contribution in [0.1, 0.15) is 5.76 Å². The molecule has 0 amide bonds. The lowest BCUT2D eigenvalue weighted by molar-refractivity contribution is 0.387. The number of rotatable bonds is 5. The molecular formula is C9H12N6O2. The molecular weight excluding hydrogens is 224 g/mol. The van der Waals surface area contributed by atoms with Crippen molar-refractivity contribution in [1.29, 1.82) is 0 Å². The van der Waals surface area contributed by atoms with Crippen LogP contribution in [-0.2, 0) is 6.54 Å². The number of aromatic nitrogens is 3. The molecule has 0 saturated heterocycles. The quantitative estimate of drug-likeness (QED) is 0.504.